The SMILES string of the molecule is COc1ccc(C(=O)Oc2ccc(OCC3CCCCC3)cc2)cc1. The fraction of sp³-hybridized carbons (Fsp3) is 0.381. The van der Waals surface area contributed by atoms with Crippen molar-refractivity contribution in [2.24, 2.45) is 5.92 Å². The number of esters is 1. The van der Waals surface area contributed by atoms with Gasteiger partial charge in [-0.15, -0.1) is 0 Å². The van der Waals surface area contributed by atoms with Crippen molar-refractivity contribution in [3.8, 4) is 17.2 Å². The molecule has 1 aliphatic rings. The van der Waals surface area contributed by atoms with Crippen molar-refractivity contribution in [1.29, 1.82) is 0 Å². The molecule has 0 unspecified atom stereocenters. The maximum Gasteiger partial charge on any atom is 0.343 e. The summed E-state index contributed by atoms with van der Waals surface area (Å²) in [5.41, 5.74) is 0.485. The molecule has 0 aliphatic heterocycles. The molecule has 2 aromatic carbocycles. The standard InChI is InChI=1S/C21H24O4/c1-23-18-9-7-17(8-10-18)21(22)25-20-13-11-19(12-14-20)24-15-16-5-3-2-4-6-16/h7-14,16H,2-6,15H2,1H3. The molecule has 0 spiro atoms. The smallest absolute Gasteiger partial charge is 0.343 e. The maximum atomic E-state index is 12.1. The van der Waals surface area contributed by atoms with Crippen LogP contribution in [0.1, 0.15) is 42.5 Å². The predicted molar refractivity (Wildman–Crippen MR) is 96.5 cm³/mol. The molecule has 132 valence electrons. The van der Waals surface area contributed by atoms with Crippen molar-refractivity contribution in [2.45, 2.75) is 32.1 Å². The fourth-order valence-electron chi connectivity index (χ4n) is 3.06. The summed E-state index contributed by atoms with van der Waals surface area (Å²) in [5, 5.41) is 0. The van der Waals surface area contributed by atoms with E-state index >= 15 is 0 Å². The third-order valence-corrected chi connectivity index (χ3v) is 4.57. The fourth-order valence-corrected chi connectivity index (χ4v) is 3.06. The Hall–Kier alpha value is -2.49. The molecule has 0 N–H and O–H groups in total. The Balaban J connectivity index is 1.51. The molecule has 1 saturated carbocycles. The van der Waals surface area contributed by atoms with Crippen LogP contribution in [0.2, 0.25) is 0 Å². The van der Waals surface area contributed by atoms with Gasteiger partial charge in [0.15, 0.2) is 0 Å². The van der Waals surface area contributed by atoms with Crippen molar-refractivity contribution >= 4 is 5.97 Å². The largest absolute Gasteiger partial charge is 0.497 e. The second-order valence-corrected chi connectivity index (χ2v) is 6.40. The van der Waals surface area contributed by atoms with Crippen LogP contribution in [0.15, 0.2) is 48.5 Å². The zero-order valence-corrected chi connectivity index (χ0v) is 14.6. The Morgan fingerprint density at radius 1 is 0.880 bits per heavy atom. The molecule has 0 bridgehead atoms. The highest BCUT2D eigenvalue weighted by Crippen LogP contribution is 2.25. The van der Waals surface area contributed by atoms with Crippen LogP contribution in [0, 0.1) is 5.92 Å². The number of rotatable bonds is 6. The van der Waals surface area contributed by atoms with Crippen LogP contribution in [0.5, 0.6) is 17.2 Å². The average Bonchev–Trinajstić information content (AvgIpc) is 2.68. The molecular weight excluding hydrogens is 316 g/mol. The van der Waals surface area contributed by atoms with Gasteiger partial charge in [0.05, 0.1) is 19.3 Å². The van der Waals surface area contributed by atoms with E-state index in [1.54, 1.807) is 43.5 Å². The molecule has 1 fully saturated rings. The van der Waals surface area contributed by atoms with Gasteiger partial charge in [-0.1, -0.05) is 19.3 Å². The number of carbonyl (C=O) groups excluding carboxylic acids is 1. The second-order valence-electron chi connectivity index (χ2n) is 6.40. The maximum absolute atomic E-state index is 12.1. The minimum absolute atomic E-state index is 0.390. The summed E-state index contributed by atoms with van der Waals surface area (Å²) in [6.45, 7) is 0.769. The summed E-state index contributed by atoms with van der Waals surface area (Å²) in [6.07, 6.45) is 6.50. The number of ether oxygens (including phenoxy) is 3. The van der Waals surface area contributed by atoms with Gasteiger partial charge in [0.25, 0.3) is 0 Å². The minimum Gasteiger partial charge on any atom is -0.497 e. The molecule has 4 heteroatoms. The molecule has 25 heavy (non-hydrogen) atoms. The van der Waals surface area contributed by atoms with Crippen LogP contribution in [0.25, 0.3) is 0 Å². The van der Waals surface area contributed by atoms with Crippen molar-refractivity contribution in [3.63, 3.8) is 0 Å². The first kappa shape index (κ1) is 17.3. The normalized spacial score (nSPS) is 14.8. The highest BCUT2D eigenvalue weighted by molar-refractivity contribution is 5.91. The van der Waals surface area contributed by atoms with Gasteiger partial charge in [-0.25, -0.2) is 4.79 Å². The Bertz CT molecular complexity index is 670. The highest BCUT2D eigenvalue weighted by Gasteiger charge is 2.14. The van der Waals surface area contributed by atoms with E-state index in [-0.39, 0.29) is 0 Å². The molecule has 0 radical (unpaired) electrons. The van der Waals surface area contributed by atoms with Gasteiger partial charge in [-0.05, 0) is 67.3 Å². The van der Waals surface area contributed by atoms with Crippen LogP contribution in [-0.2, 0) is 0 Å². The van der Waals surface area contributed by atoms with Gasteiger partial charge < -0.3 is 14.2 Å². The van der Waals surface area contributed by atoms with Crippen molar-refractivity contribution in [1.82, 2.24) is 0 Å². The molecule has 1 aliphatic carbocycles. The average molecular weight is 340 g/mol. The molecule has 0 amide bonds. The van der Waals surface area contributed by atoms with Gasteiger partial charge in [0.2, 0.25) is 0 Å². The summed E-state index contributed by atoms with van der Waals surface area (Å²) in [5.74, 6) is 2.30. The minimum atomic E-state index is -0.390. The highest BCUT2D eigenvalue weighted by atomic mass is 16.5. The molecule has 2 aromatic rings. The third-order valence-electron chi connectivity index (χ3n) is 4.57. The van der Waals surface area contributed by atoms with E-state index in [2.05, 4.69) is 0 Å². The summed E-state index contributed by atoms with van der Waals surface area (Å²) in [7, 11) is 1.59. The zero-order chi connectivity index (χ0) is 17.5. The predicted octanol–water partition coefficient (Wildman–Crippen LogP) is 4.87. The van der Waals surface area contributed by atoms with Crippen LogP contribution in [0.4, 0.5) is 0 Å². The Kier molecular flexibility index (Phi) is 5.94. The van der Waals surface area contributed by atoms with E-state index in [0.29, 0.717) is 23.0 Å². The van der Waals surface area contributed by atoms with Crippen LogP contribution < -0.4 is 14.2 Å². The first-order chi connectivity index (χ1) is 12.2. The molecule has 3 rings (SSSR count). The number of methoxy groups -OCH3 is 1. The lowest BCUT2D eigenvalue weighted by molar-refractivity contribution is 0.0734. The first-order valence-corrected chi connectivity index (χ1v) is 8.84. The summed E-state index contributed by atoms with van der Waals surface area (Å²) in [6, 6.07) is 14.1. The lowest BCUT2D eigenvalue weighted by atomic mass is 9.90. The zero-order valence-electron chi connectivity index (χ0n) is 14.6. The molecule has 0 heterocycles. The molecular formula is C21H24O4. The molecule has 4 nitrogen and oxygen atoms in total. The number of carbonyl (C=O) groups is 1. The van der Waals surface area contributed by atoms with E-state index in [1.807, 2.05) is 12.1 Å². The van der Waals surface area contributed by atoms with E-state index in [1.165, 1.54) is 32.1 Å². The lowest BCUT2D eigenvalue weighted by Crippen LogP contribution is -2.15. The monoisotopic (exact) mass is 340 g/mol. The van der Waals surface area contributed by atoms with Crippen molar-refractivity contribution in [2.75, 3.05) is 13.7 Å². The molecule has 0 aromatic heterocycles. The van der Waals surface area contributed by atoms with E-state index in [4.69, 9.17) is 14.2 Å². The number of hydrogen-bond donors (Lipinski definition) is 0. The quantitative estimate of drug-likeness (QED) is 0.556. The Labute approximate surface area is 148 Å². The second kappa shape index (κ2) is 8.56. The van der Waals surface area contributed by atoms with Crippen LogP contribution in [-0.4, -0.2) is 19.7 Å². The van der Waals surface area contributed by atoms with Crippen LogP contribution in [0.3, 0.4) is 0 Å². The van der Waals surface area contributed by atoms with Gasteiger partial charge in [-0.2, -0.15) is 0 Å². The molecule has 0 atom stereocenters. The molecule has 0 saturated heterocycles. The van der Waals surface area contributed by atoms with Gasteiger partial charge >= 0.3 is 5.97 Å². The van der Waals surface area contributed by atoms with Crippen molar-refractivity contribution < 1.29 is 19.0 Å². The summed E-state index contributed by atoms with van der Waals surface area (Å²) < 4.78 is 16.3. The third kappa shape index (κ3) is 4.99. The van der Waals surface area contributed by atoms with E-state index in [9.17, 15) is 4.79 Å². The van der Waals surface area contributed by atoms with Crippen LogP contribution >= 0.6 is 0 Å². The Morgan fingerprint density at radius 2 is 1.48 bits per heavy atom. The van der Waals surface area contributed by atoms with E-state index < -0.39 is 5.97 Å². The summed E-state index contributed by atoms with van der Waals surface area (Å²) in [4.78, 5) is 12.1. The number of hydrogen-bond acceptors (Lipinski definition) is 4. The van der Waals surface area contributed by atoms with Gasteiger partial charge in [0, 0.05) is 0 Å². The Morgan fingerprint density at radius 3 is 2.12 bits per heavy atom. The van der Waals surface area contributed by atoms with Crippen molar-refractivity contribution in [3.05, 3.63) is 54.1 Å². The van der Waals surface area contributed by atoms with Gasteiger partial charge in [-0.3, -0.25) is 0 Å². The first-order valence-electron chi connectivity index (χ1n) is 8.84. The summed E-state index contributed by atoms with van der Waals surface area (Å²) >= 11 is 0. The van der Waals surface area contributed by atoms with E-state index in [0.717, 1.165) is 12.4 Å². The van der Waals surface area contributed by atoms with Gasteiger partial charge in [0.1, 0.15) is 17.2 Å². The number of benzene rings is 2. The lowest BCUT2D eigenvalue weighted by Gasteiger charge is -2.21. The topological polar surface area (TPSA) is 44.8 Å².